The molecule has 0 atom stereocenters. The Hall–Kier alpha value is -3.22. The van der Waals surface area contributed by atoms with Gasteiger partial charge in [0, 0.05) is 16.5 Å². The summed E-state index contributed by atoms with van der Waals surface area (Å²) in [7, 11) is 0. The Bertz CT molecular complexity index is 867. The van der Waals surface area contributed by atoms with Crippen molar-refractivity contribution in [3.05, 3.63) is 107 Å². The van der Waals surface area contributed by atoms with Gasteiger partial charge in [-0.05, 0) is 29.8 Å². The summed E-state index contributed by atoms with van der Waals surface area (Å²) in [6.07, 6.45) is 8.62. The molecule has 0 N–H and O–H groups in total. The van der Waals surface area contributed by atoms with Crippen LogP contribution in [0, 0.1) is 29.1 Å². The summed E-state index contributed by atoms with van der Waals surface area (Å²) in [5, 5.41) is 0. The van der Waals surface area contributed by atoms with Crippen LogP contribution < -0.4 is 0 Å². The van der Waals surface area contributed by atoms with Crippen LogP contribution in [0.15, 0.2) is 96.1 Å². The molecule has 3 rings (SSSR count). The molecule has 0 saturated heterocycles. The molecule has 0 saturated carbocycles. The second-order valence-corrected chi connectivity index (χ2v) is 6.55. The van der Waals surface area contributed by atoms with E-state index in [0.29, 0.717) is 0 Å². The van der Waals surface area contributed by atoms with Crippen LogP contribution in [0.3, 0.4) is 0 Å². The zero-order valence-corrected chi connectivity index (χ0v) is 14.6. The lowest BCUT2D eigenvalue weighted by molar-refractivity contribution is 0.621. The molecule has 0 bridgehead atoms. The Labute approximate surface area is 150 Å². The molecule has 2 aromatic carbocycles. The fourth-order valence-electron chi connectivity index (χ4n) is 2.37. The Balaban J connectivity index is 2.00. The van der Waals surface area contributed by atoms with Crippen LogP contribution in [0.2, 0.25) is 0 Å². The van der Waals surface area contributed by atoms with Crippen LogP contribution in [-0.2, 0) is 0 Å². The standard InChI is InChI=1S/C25H20/c1-25(2)19-17-24(18-20-25)23(15-13-21-9-5-3-6-10-21)16-14-22-11-7-4-8-12-22/h3-12,17-20H,1-2H3. The fourth-order valence-corrected chi connectivity index (χ4v) is 2.37. The second-order valence-electron chi connectivity index (χ2n) is 6.55. The largest absolute Gasteiger partial charge is 0.0823 e. The van der Waals surface area contributed by atoms with E-state index in [1.54, 1.807) is 0 Å². The minimum Gasteiger partial charge on any atom is -0.0744 e. The third-order valence-electron chi connectivity index (χ3n) is 3.88. The average molecular weight is 320 g/mol. The van der Waals surface area contributed by atoms with E-state index in [2.05, 4.69) is 61.8 Å². The first-order chi connectivity index (χ1) is 12.1. The van der Waals surface area contributed by atoms with Gasteiger partial charge in [0.05, 0.1) is 5.57 Å². The van der Waals surface area contributed by atoms with Crippen molar-refractivity contribution in [2.45, 2.75) is 13.8 Å². The zero-order chi connectivity index (χ0) is 17.5. The topological polar surface area (TPSA) is 0 Å². The van der Waals surface area contributed by atoms with Crippen LogP contribution >= 0.6 is 0 Å². The van der Waals surface area contributed by atoms with E-state index in [1.807, 2.05) is 60.7 Å². The minimum absolute atomic E-state index is 0.0777. The van der Waals surface area contributed by atoms with Gasteiger partial charge in [0.25, 0.3) is 0 Å². The molecule has 0 spiro atoms. The van der Waals surface area contributed by atoms with Crippen LogP contribution in [-0.4, -0.2) is 0 Å². The van der Waals surface area contributed by atoms with E-state index in [4.69, 9.17) is 0 Å². The van der Waals surface area contributed by atoms with Crippen molar-refractivity contribution >= 4 is 0 Å². The summed E-state index contributed by atoms with van der Waals surface area (Å²) < 4.78 is 0. The highest BCUT2D eigenvalue weighted by Gasteiger charge is 2.13. The number of allylic oxidation sites excluding steroid dienone is 6. The Kier molecular flexibility index (Phi) is 5.03. The van der Waals surface area contributed by atoms with Crippen LogP contribution in [0.5, 0.6) is 0 Å². The normalized spacial score (nSPS) is 14.1. The summed E-state index contributed by atoms with van der Waals surface area (Å²) >= 11 is 0. The average Bonchev–Trinajstić information content (AvgIpc) is 2.64. The van der Waals surface area contributed by atoms with Crippen molar-refractivity contribution in [2.75, 3.05) is 0 Å². The molecule has 1 aliphatic carbocycles. The van der Waals surface area contributed by atoms with Crippen molar-refractivity contribution in [3.8, 4) is 23.7 Å². The molecule has 120 valence electrons. The van der Waals surface area contributed by atoms with E-state index in [-0.39, 0.29) is 5.41 Å². The first kappa shape index (κ1) is 16.6. The SMILES string of the molecule is CC1(C)C=CC(=C(C#Cc2ccccc2)C#Cc2ccccc2)C=C1. The van der Waals surface area contributed by atoms with Crippen molar-refractivity contribution < 1.29 is 0 Å². The van der Waals surface area contributed by atoms with Crippen LogP contribution in [0.1, 0.15) is 25.0 Å². The van der Waals surface area contributed by atoms with Gasteiger partial charge >= 0.3 is 0 Å². The summed E-state index contributed by atoms with van der Waals surface area (Å²) in [6, 6.07) is 20.0. The summed E-state index contributed by atoms with van der Waals surface area (Å²) in [6.45, 7) is 4.36. The van der Waals surface area contributed by atoms with Crippen LogP contribution in [0.4, 0.5) is 0 Å². The van der Waals surface area contributed by atoms with E-state index in [1.165, 1.54) is 0 Å². The lowest BCUT2D eigenvalue weighted by Gasteiger charge is -2.18. The quantitative estimate of drug-likeness (QED) is 0.559. The number of rotatable bonds is 0. The number of benzene rings is 2. The smallest absolute Gasteiger partial charge is 0.0744 e. The van der Waals surface area contributed by atoms with Crippen molar-refractivity contribution in [1.29, 1.82) is 0 Å². The maximum Gasteiger partial charge on any atom is 0.0823 e. The highest BCUT2D eigenvalue weighted by atomic mass is 14.2. The Morgan fingerprint density at radius 3 is 1.56 bits per heavy atom. The fraction of sp³-hybridized carbons (Fsp3) is 0.120. The predicted molar refractivity (Wildman–Crippen MR) is 106 cm³/mol. The summed E-state index contributed by atoms with van der Waals surface area (Å²) in [5.74, 6) is 13.0. The molecular formula is C25H20. The molecule has 0 nitrogen and oxygen atoms in total. The molecule has 0 radical (unpaired) electrons. The highest BCUT2D eigenvalue weighted by molar-refractivity contribution is 5.59. The van der Waals surface area contributed by atoms with E-state index >= 15 is 0 Å². The zero-order valence-electron chi connectivity index (χ0n) is 14.6. The molecule has 1 aliphatic rings. The third-order valence-corrected chi connectivity index (χ3v) is 3.88. The van der Waals surface area contributed by atoms with Gasteiger partial charge in [-0.1, -0.05) is 98.2 Å². The van der Waals surface area contributed by atoms with Gasteiger partial charge < -0.3 is 0 Å². The molecule has 2 aromatic rings. The second kappa shape index (κ2) is 7.57. The van der Waals surface area contributed by atoms with E-state index in [0.717, 1.165) is 22.3 Å². The van der Waals surface area contributed by atoms with Gasteiger partial charge in [-0.2, -0.15) is 0 Å². The molecule has 0 unspecified atom stereocenters. The molecular weight excluding hydrogens is 300 g/mol. The van der Waals surface area contributed by atoms with Crippen molar-refractivity contribution in [1.82, 2.24) is 0 Å². The molecule has 0 aromatic heterocycles. The van der Waals surface area contributed by atoms with Gasteiger partial charge in [0.15, 0.2) is 0 Å². The molecule has 0 heteroatoms. The monoisotopic (exact) mass is 320 g/mol. The Morgan fingerprint density at radius 2 is 1.12 bits per heavy atom. The lowest BCUT2D eigenvalue weighted by Crippen LogP contribution is -2.05. The summed E-state index contributed by atoms with van der Waals surface area (Å²) in [4.78, 5) is 0. The first-order valence-electron chi connectivity index (χ1n) is 8.39. The summed E-state index contributed by atoms with van der Waals surface area (Å²) in [5.41, 5.74) is 3.97. The minimum atomic E-state index is 0.0777. The van der Waals surface area contributed by atoms with Gasteiger partial charge in [0.1, 0.15) is 0 Å². The number of hydrogen-bond donors (Lipinski definition) is 0. The Morgan fingerprint density at radius 1 is 0.680 bits per heavy atom. The highest BCUT2D eigenvalue weighted by Crippen LogP contribution is 2.26. The van der Waals surface area contributed by atoms with Gasteiger partial charge in [-0.15, -0.1) is 0 Å². The van der Waals surface area contributed by atoms with E-state index in [9.17, 15) is 0 Å². The predicted octanol–water partition coefficient (Wildman–Crippen LogP) is 5.54. The van der Waals surface area contributed by atoms with E-state index < -0.39 is 0 Å². The first-order valence-corrected chi connectivity index (χ1v) is 8.39. The molecule has 0 aliphatic heterocycles. The van der Waals surface area contributed by atoms with Crippen LogP contribution in [0.25, 0.3) is 0 Å². The van der Waals surface area contributed by atoms with Gasteiger partial charge in [-0.3, -0.25) is 0 Å². The number of hydrogen-bond acceptors (Lipinski definition) is 0. The van der Waals surface area contributed by atoms with Crippen molar-refractivity contribution in [3.63, 3.8) is 0 Å². The molecule has 0 amide bonds. The maximum absolute atomic E-state index is 3.26. The maximum atomic E-state index is 3.26. The van der Waals surface area contributed by atoms with Gasteiger partial charge in [-0.25, -0.2) is 0 Å². The third kappa shape index (κ3) is 4.87. The van der Waals surface area contributed by atoms with Gasteiger partial charge in [0.2, 0.25) is 0 Å². The molecule has 0 fully saturated rings. The van der Waals surface area contributed by atoms with Crippen molar-refractivity contribution in [2.24, 2.45) is 5.41 Å². The molecule has 25 heavy (non-hydrogen) atoms. The lowest BCUT2D eigenvalue weighted by atomic mass is 9.86. The molecule has 0 heterocycles.